The molecule has 0 aromatic heterocycles. The van der Waals surface area contributed by atoms with Crippen LogP contribution in [0.2, 0.25) is 0 Å². The number of hydrogen-bond acceptors (Lipinski definition) is 3. The van der Waals surface area contributed by atoms with Crippen LogP contribution >= 0.6 is 0 Å². The molecule has 1 N–H and O–H groups in total. The number of hydrogen-bond donors (Lipinski definition) is 1. The van der Waals surface area contributed by atoms with Crippen LogP contribution in [0.25, 0.3) is 0 Å². The highest BCUT2D eigenvalue weighted by Gasteiger charge is 2.18. The summed E-state index contributed by atoms with van der Waals surface area (Å²) < 4.78 is 5.42. The molecular formula is C12H26N2O. The number of nitrogens with one attached hydrogen (secondary N) is 1. The Kier molecular flexibility index (Phi) is 6.22. The van der Waals surface area contributed by atoms with Crippen LogP contribution < -0.4 is 5.32 Å². The molecule has 1 rings (SSSR count). The van der Waals surface area contributed by atoms with Gasteiger partial charge in [0.15, 0.2) is 0 Å². The van der Waals surface area contributed by atoms with Crippen molar-refractivity contribution in [3.8, 4) is 0 Å². The summed E-state index contributed by atoms with van der Waals surface area (Å²) in [4.78, 5) is 2.41. The van der Waals surface area contributed by atoms with Crippen LogP contribution in [-0.2, 0) is 4.74 Å². The second kappa shape index (κ2) is 7.20. The van der Waals surface area contributed by atoms with Crippen molar-refractivity contribution < 1.29 is 4.74 Å². The maximum atomic E-state index is 5.42. The summed E-state index contributed by atoms with van der Waals surface area (Å²) in [5.74, 6) is 0.866. The molecule has 1 aliphatic heterocycles. The largest absolute Gasteiger partial charge is 0.366 e. The Morgan fingerprint density at radius 1 is 1.33 bits per heavy atom. The molecule has 15 heavy (non-hydrogen) atoms. The molecule has 0 amide bonds. The summed E-state index contributed by atoms with van der Waals surface area (Å²) in [6.07, 6.45) is 2.62. The first-order valence-electron chi connectivity index (χ1n) is 6.25. The van der Waals surface area contributed by atoms with Gasteiger partial charge in [0, 0.05) is 25.7 Å². The monoisotopic (exact) mass is 214 g/mol. The third-order valence-electron chi connectivity index (χ3n) is 3.00. The van der Waals surface area contributed by atoms with Gasteiger partial charge in [0.05, 0.1) is 6.73 Å². The van der Waals surface area contributed by atoms with Gasteiger partial charge in [0.25, 0.3) is 0 Å². The molecule has 0 unspecified atom stereocenters. The van der Waals surface area contributed by atoms with Gasteiger partial charge in [-0.25, -0.2) is 0 Å². The Labute approximate surface area is 94.2 Å². The molecule has 0 saturated carbocycles. The molecule has 1 aliphatic rings. The number of nitrogens with zero attached hydrogens (tertiary/aromatic N) is 1. The molecule has 0 spiro atoms. The molecule has 3 nitrogen and oxygen atoms in total. The first-order chi connectivity index (χ1) is 7.22. The van der Waals surface area contributed by atoms with Crippen molar-refractivity contribution in [2.75, 3.05) is 33.0 Å². The number of rotatable bonds is 6. The summed E-state index contributed by atoms with van der Waals surface area (Å²) >= 11 is 0. The minimum absolute atomic E-state index is 0.617. The zero-order valence-electron chi connectivity index (χ0n) is 10.5. The Morgan fingerprint density at radius 3 is 2.53 bits per heavy atom. The molecule has 0 aromatic rings. The van der Waals surface area contributed by atoms with Crippen LogP contribution in [0.4, 0.5) is 0 Å². The molecule has 0 bridgehead atoms. The lowest BCUT2D eigenvalue weighted by Crippen LogP contribution is -2.39. The maximum absolute atomic E-state index is 5.42. The van der Waals surface area contributed by atoms with E-state index in [1.54, 1.807) is 0 Å². The molecule has 0 radical (unpaired) electrons. The Morgan fingerprint density at radius 2 is 2.00 bits per heavy atom. The van der Waals surface area contributed by atoms with Gasteiger partial charge in [-0.15, -0.1) is 0 Å². The van der Waals surface area contributed by atoms with Gasteiger partial charge in [0.1, 0.15) is 0 Å². The fraction of sp³-hybridized carbons (Fsp3) is 1.00. The van der Waals surface area contributed by atoms with Gasteiger partial charge >= 0.3 is 0 Å². The highest BCUT2D eigenvalue weighted by atomic mass is 16.5. The van der Waals surface area contributed by atoms with Crippen molar-refractivity contribution in [1.82, 2.24) is 10.2 Å². The Balaban J connectivity index is 2.07. The summed E-state index contributed by atoms with van der Waals surface area (Å²) in [6.45, 7) is 11.7. The average Bonchev–Trinajstić information content (AvgIpc) is 2.25. The lowest BCUT2D eigenvalue weighted by Gasteiger charge is -2.32. The van der Waals surface area contributed by atoms with E-state index in [9.17, 15) is 0 Å². The highest BCUT2D eigenvalue weighted by molar-refractivity contribution is 4.73. The molecule has 1 heterocycles. The summed E-state index contributed by atoms with van der Waals surface area (Å²) in [7, 11) is 0. The topological polar surface area (TPSA) is 24.5 Å². The molecule has 3 heteroatoms. The van der Waals surface area contributed by atoms with E-state index in [4.69, 9.17) is 4.74 Å². The summed E-state index contributed by atoms with van der Waals surface area (Å²) in [5.41, 5.74) is 0. The van der Waals surface area contributed by atoms with Crippen molar-refractivity contribution in [2.45, 2.75) is 39.7 Å². The maximum Gasteiger partial charge on any atom is 0.0990 e. The third-order valence-corrected chi connectivity index (χ3v) is 3.00. The fourth-order valence-electron chi connectivity index (χ4n) is 1.94. The minimum Gasteiger partial charge on any atom is -0.366 e. The Hall–Kier alpha value is -0.120. The third kappa shape index (κ3) is 5.50. The number of ether oxygens (including phenoxy) is 1. The highest BCUT2D eigenvalue weighted by Crippen LogP contribution is 2.16. The van der Waals surface area contributed by atoms with E-state index in [0.29, 0.717) is 6.04 Å². The second-order valence-corrected chi connectivity index (χ2v) is 4.75. The second-order valence-electron chi connectivity index (χ2n) is 4.75. The van der Waals surface area contributed by atoms with Crippen LogP contribution in [0.3, 0.4) is 0 Å². The van der Waals surface area contributed by atoms with E-state index in [-0.39, 0.29) is 0 Å². The van der Waals surface area contributed by atoms with Crippen molar-refractivity contribution in [2.24, 2.45) is 5.92 Å². The fourth-order valence-corrected chi connectivity index (χ4v) is 1.94. The van der Waals surface area contributed by atoms with Crippen LogP contribution in [0.5, 0.6) is 0 Å². The first kappa shape index (κ1) is 12.9. The summed E-state index contributed by atoms with van der Waals surface area (Å²) in [6, 6.07) is 0.617. The molecule has 0 atom stereocenters. The molecule has 1 fully saturated rings. The van der Waals surface area contributed by atoms with E-state index in [1.165, 1.54) is 32.5 Å². The van der Waals surface area contributed by atoms with Crippen molar-refractivity contribution in [1.29, 1.82) is 0 Å². The molecule has 90 valence electrons. The van der Waals surface area contributed by atoms with Gasteiger partial charge < -0.3 is 10.1 Å². The normalized spacial score (nSPS) is 20.0. The predicted octanol–water partition coefficient (Wildman–Crippen LogP) is 1.69. The first-order valence-corrected chi connectivity index (χ1v) is 6.25. The van der Waals surface area contributed by atoms with Crippen LogP contribution in [0.1, 0.15) is 33.6 Å². The van der Waals surface area contributed by atoms with Crippen molar-refractivity contribution >= 4 is 0 Å². The van der Waals surface area contributed by atoms with E-state index in [0.717, 1.165) is 19.3 Å². The quantitative estimate of drug-likeness (QED) is 0.728. The van der Waals surface area contributed by atoms with Gasteiger partial charge in [0.2, 0.25) is 0 Å². The van der Waals surface area contributed by atoms with Gasteiger partial charge in [-0.3, -0.25) is 4.90 Å². The van der Waals surface area contributed by atoms with Crippen LogP contribution in [-0.4, -0.2) is 43.9 Å². The van der Waals surface area contributed by atoms with Crippen LogP contribution in [0.15, 0.2) is 0 Å². The zero-order valence-corrected chi connectivity index (χ0v) is 10.5. The van der Waals surface area contributed by atoms with E-state index in [1.807, 2.05) is 0 Å². The van der Waals surface area contributed by atoms with Gasteiger partial charge in [-0.1, -0.05) is 13.8 Å². The summed E-state index contributed by atoms with van der Waals surface area (Å²) in [5, 5.41) is 3.52. The minimum atomic E-state index is 0.617. The molecule has 0 aromatic carbocycles. The lowest BCUT2D eigenvalue weighted by atomic mass is 9.97. The van der Waals surface area contributed by atoms with Gasteiger partial charge in [-0.05, 0) is 32.2 Å². The molecule has 1 saturated heterocycles. The van der Waals surface area contributed by atoms with Crippen molar-refractivity contribution in [3.05, 3.63) is 0 Å². The van der Waals surface area contributed by atoms with Crippen LogP contribution in [0, 0.1) is 5.92 Å². The Bertz CT molecular complexity index is 154. The number of piperidine rings is 1. The standard InChI is InChI=1S/C12H26N2O/c1-4-15-10-14-7-5-12(6-8-14)9-13-11(2)3/h11-13H,4-10H2,1-3H3. The van der Waals surface area contributed by atoms with E-state index in [2.05, 4.69) is 31.0 Å². The van der Waals surface area contributed by atoms with Crippen molar-refractivity contribution in [3.63, 3.8) is 0 Å². The van der Waals surface area contributed by atoms with E-state index < -0.39 is 0 Å². The predicted molar refractivity (Wildman–Crippen MR) is 63.9 cm³/mol. The van der Waals surface area contributed by atoms with E-state index >= 15 is 0 Å². The number of likely N-dealkylation sites (tertiary alicyclic amines) is 1. The lowest BCUT2D eigenvalue weighted by molar-refractivity contribution is 0.0166. The SMILES string of the molecule is CCOCN1CCC(CNC(C)C)CC1. The van der Waals surface area contributed by atoms with Gasteiger partial charge in [-0.2, -0.15) is 0 Å². The molecular weight excluding hydrogens is 188 g/mol. The zero-order chi connectivity index (χ0) is 11.1. The molecule has 0 aliphatic carbocycles. The smallest absolute Gasteiger partial charge is 0.0990 e. The average molecular weight is 214 g/mol.